The molecule has 1 nitrogen and oxygen atoms in total. The molecule has 2 heteroatoms. The second-order valence-electron chi connectivity index (χ2n) is 4.97. The summed E-state index contributed by atoms with van der Waals surface area (Å²) in [5.74, 6) is 0. The summed E-state index contributed by atoms with van der Waals surface area (Å²) >= 11 is 0. The highest BCUT2D eigenvalue weighted by Gasteiger charge is 2.04. The normalized spacial score (nSPS) is 11.0. The van der Waals surface area contributed by atoms with Crippen LogP contribution in [0.1, 0.15) is 63.5 Å². The molecule has 0 aromatic heterocycles. The zero-order chi connectivity index (χ0) is 13.2. The fraction of sp³-hybridized carbons (Fsp3) is 0.625. The van der Waals surface area contributed by atoms with E-state index >= 15 is 0 Å². The molecule has 0 fully saturated rings. The minimum absolute atomic E-state index is 0.165. The fourth-order valence-electron chi connectivity index (χ4n) is 2.23. The van der Waals surface area contributed by atoms with E-state index in [-0.39, 0.29) is 8.46 Å². The van der Waals surface area contributed by atoms with Crippen molar-refractivity contribution in [3.63, 3.8) is 0 Å². The third-order valence-corrected chi connectivity index (χ3v) is 3.99. The van der Waals surface area contributed by atoms with Gasteiger partial charge in [0.1, 0.15) is 0 Å². The lowest BCUT2D eigenvalue weighted by Crippen LogP contribution is -2.04. The van der Waals surface area contributed by atoms with Gasteiger partial charge in [-0.05, 0) is 42.9 Å². The number of hydrogen-bond acceptors (Lipinski definition) is 1. The summed E-state index contributed by atoms with van der Waals surface area (Å²) in [6.45, 7) is 4.45. The van der Waals surface area contributed by atoms with Crippen LogP contribution in [-0.2, 0) is 17.4 Å². The van der Waals surface area contributed by atoms with Gasteiger partial charge in [-0.1, -0.05) is 51.7 Å². The average Bonchev–Trinajstić information content (AvgIpc) is 2.40. The molecule has 0 spiro atoms. The maximum atomic E-state index is 11.1. The van der Waals surface area contributed by atoms with Gasteiger partial charge in [0.05, 0.1) is 0 Å². The van der Waals surface area contributed by atoms with Crippen molar-refractivity contribution >= 4 is 13.8 Å². The Balaban J connectivity index is 2.65. The standard InChI is InChI=1S/C16H25OP/c1-3-5-7-9-14-11-12-16(18-17)15(13-14)10-8-6-4-2/h11-13H,3-10H2,1-2H3. The zero-order valence-corrected chi connectivity index (χ0v) is 12.6. The van der Waals surface area contributed by atoms with Crippen molar-refractivity contribution in [3.05, 3.63) is 29.3 Å². The van der Waals surface area contributed by atoms with Gasteiger partial charge in [-0.15, -0.1) is 0 Å². The van der Waals surface area contributed by atoms with E-state index in [1.165, 1.54) is 49.7 Å². The van der Waals surface area contributed by atoms with E-state index in [1.54, 1.807) is 0 Å². The molecule has 0 saturated heterocycles. The van der Waals surface area contributed by atoms with Gasteiger partial charge in [-0.25, -0.2) is 0 Å². The Labute approximate surface area is 113 Å². The van der Waals surface area contributed by atoms with Gasteiger partial charge in [0, 0.05) is 5.30 Å². The van der Waals surface area contributed by atoms with Crippen LogP contribution >= 0.6 is 8.46 Å². The molecule has 0 unspecified atom stereocenters. The van der Waals surface area contributed by atoms with Crippen molar-refractivity contribution in [1.29, 1.82) is 0 Å². The number of benzene rings is 1. The third-order valence-electron chi connectivity index (χ3n) is 3.36. The van der Waals surface area contributed by atoms with Gasteiger partial charge in [-0.3, -0.25) is 4.57 Å². The van der Waals surface area contributed by atoms with Crippen LogP contribution in [0, 0.1) is 0 Å². The van der Waals surface area contributed by atoms with E-state index < -0.39 is 0 Å². The first-order valence-electron chi connectivity index (χ1n) is 7.27. The molecule has 0 N–H and O–H groups in total. The minimum Gasteiger partial charge on any atom is -0.269 e. The van der Waals surface area contributed by atoms with Crippen molar-refractivity contribution in [2.45, 2.75) is 65.2 Å². The molecule has 0 aliphatic rings. The highest BCUT2D eigenvalue weighted by Crippen LogP contribution is 2.14. The molecule has 0 aliphatic heterocycles. The Bertz CT molecular complexity index is 360. The van der Waals surface area contributed by atoms with Crippen LogP contribution in [0.5, 0.6) is 0 Å². The number of hydrogen-bond donors (Lipinski definition) is 0. The van der Waals surface area contributed by atoms with Crippen molar-refractivity contribution in [1.82, 2.24) is 0 Å². The zero-order valence-electron chi connectivity index (χ0n) is 11.7. The molecule has 100 valence electrons. The fourth-order valence-corrected chi connectivity index (χ4v) is 2.66. The first-order chi connectivity index (χ1) is 8.81. The van der Waals surface area contributed by atoms with Crippen LogP contribution in [0.25, 0.3) is 0 Å². The van der Waals surface area contributed by atoms with Gasteiger partial charge >= 0.3 is 0 Å². The molecular formula is C16H25OP. The van der Waals surface area contributed by atoms with Gasteiger partial charge in [0.2, 0.25) is 0 Å². The lowest BCUT2D eigenvalue weighted by molar-refractivity contribution is 0.603. The molecule has 0 bridgehead atoms. The Morgan fingerprint density at radius 3 is 2.22 bits per heavy atom. The number of rotatable bonds is 9. The highest BCUT2D eigenvalue weighted by molar-refractivity contribution is 7.34. The highest BCUT2D eigenvalue weighted by atomic mass is 31.1. The van der Waals surface area contributed by atoms with Gasteiger partial charge in [0.25, 0.3) is 0 Å². The summed E-state index contributed by atoms with van der Waals surface area (Å²) in [5, 5.41) is 0.977. The van der Waals surface area contributed by atoms with Crippen molar-refractivity contribution in [3.8, 4) is 0 Å². The Morgan fingerprint density at radius 1 is 0.944 bits per heavy atom. The van der Waals surface area contributed by atoms with Crippen molar-refractivity contribution in [2.75, 3.05) is 0 Å². The molecule has 1 aromatic carbocycles. The summed E-state index contributed by atoms with van der Waals surface area (Å²) < 4.78 is 11.1. The predicted molar refractivity (Wildman–Crippen MR) is 80.1 cm³/mol. The first-order valence-corrected chi connectivity index (χ1v) is 8.08. The summed E-state index contributed by atoms with van der Waals surface area (Å²) in [6, 6.07) is 6.45. The number of aryl methyl sites for hydroxylation is 2. The smallest absolute Gasteiger partial charge is 0.192 e. The lowest BCUT2D eigenvalue weighted by Gasteiger charge is -2.07. The van der Waals surface area contributed by atoms with Gasteiger partial charge < -0.3 is 0 Å². The topological polar surface area (TPSA) is 17.1 Å². The molecule has 18 heavy (non-hydrogen) atoms. The second kappa shape index (κ2) is 9.28. The second-order valence-corrected chi connectivity index (χ2v) is 5.63. The number of unbranched alkanes of at least 4 members (excludes halogenated alkanes) is 4. The van der Waals surface area contributed by atoms with E-state index in [4.69, 9.17) is 0 Å². The molecule has 1 rings (SSSR count). The largest absolute Gasteiger partial charge is 0.269 e. The molecule has 0 amide bonds. The average molecular weight is 264 g/mol. The maximum Gasteiger partial charge on any atom is 0.192 e. The Hall–Kier alpha value is -0.680. The van der Waals surface area contributed by atoms with E-state index in [1.807, 2.05) is 6.07 Å². The van der Waals surface area contributed by atoms with Crippen molar-refractivity contribution < 1.29 is 4.57 Å². The van der Waals surface area contributed by atoms with E-state index in [0.29, 0.717) is 0 Å². The van der Waals surface area contributed by atoms with Crippen molar-refractivity contribution in [2.24, 2.45) is 0 Å². The molecule has 1 aromatic rings. The third kappa shape index (κ3) is 5.31. The summed E-state index contributed by atoms with van der Waals surface area (Å²) in [6.07, 6.45) is 9.75. The first kappa shape index (κ1) is 15.4. The van der Waals surface area contributed by atoms with Crippen LogP contribution in [0.3, 0.4) is 0 Å². The molecular weight excluding hydrogens is 239 g/mol. The van der Waals surface area contributed by atoms with Crippen LogP contribution in [0.15, 0.2) is 18.2 Å². The molecule has 0 atom stereocenters. The quantitative estimate of drug-likeness (QED) is 0.449. The van der Waals surface area contributed by atoms with E-state index in [2.05, 4.69) is 26.0 Å². The van der Waals surface area contributed by atoms with E-state index in [0.717, 1.165) is 18.1 Å². The summed E-state index contributed by atoms with van der Waals surface area (Å²) in [4.78, 5) is 0. The molecule has 0 aliphatic carbocycles. The Morgan fingerprint density at radius 2 is 1.61 bits per heavy atom. The minimum atomic E-state index is 0.165. The van der Waals surface area contributed by atoms with Gasteiger partial charge in [0.15, 0.2) is 8.46 Å². The molecule has 0 radical (unpaired) electrons. The van der Waals surface area contributed by atoms with E-state index in [9.17, 15) is 4.57 Å². The predicted octanol–water partition coefficient (Wildman–Crippen LogP) is 5.07. The molecule has 0 heterocycles. The van der Waals surface area contributed by atoms with Gasteiger partial charge in [-0.2, -0.15) is 0 Å². The van der Waals surface area contributed by atoms with Crippen LogP contribution in [-0.4, -0.2) is 0 Å². The lowest BCUT2D eigenvalue weighted by atomic mass is 10.0. The maximum absolute atomic E-state index is 11.1. The summed E-state index contributed by atoms with van der Waals surface area (Å²) in [7, 11) is 0.165. The summed E-state index contributed by atoms with van der Waals surface area (Å²) in [5.41, 5.74) is 2.69. The van der Waals surface area contributed by atoms with Crippen LogP contribution in [0.4, 0.5) is 0 Å². The van der Waals surface area contributed by atoms with Crippen LogP contribution in [0.2, 0.25) is 0 Å². The molecule has 0 saturated carbocycles. The van der Waals surface area contributed by atoms with Crippen LogP contribution < -0.4 is 5.30 Å². The monoisotopic (exact) mass is 264 g/mol. The SMILES string of the molecule is CCCCCc1ccc(P=O)c(CCCCC)c1. The Kier molecular flexibility index (Phi) is 7.93.